The highest BCUT2D eigenvalue weighted by Gasteiger charge is 2.30. The highest BCUT2D eigenvalue weighted by atomic mass is 32.2. The first-order chi connectivity index (χ1) is 13.4. The van der Waals surface area contributed by atoms with Crippen LogP contribution in [0.15, 0.2) is 21.5 Å². The van der Waals surface area contributed by atoms with E-state index in [1.54, 1.807) is 4.68 Å². The third-order valence-electron chi connectivity index (χ3n) is 5.92. The van der Waals surface area contributed by atoms with Gasteiger partial charge in [0, 0.05) is 18.7 Å². The molecular weight excluding hydrogens is 378 g/mol. The van der Waals surface area contributed by atoms with Crippen LogP contribution in [-0.4, -0.2) is 26.6 Å². The van der Waals surface area contributed by atoms with Gasteiger partial charge in [-0.3, -0.25) is 0 Å². The first kappa shape index (κ1) is 17.7. The SMILES string of the molecule is CC1CCc2cc3c(c(NC(=O)N=S(N)(=O)c4cnn5c4OCCC5)c21)CC3. The number of amides is 2. The predicted molar refractivity (Wildman–Crippen MR) is 105 cm³/mol. The molecule has 2 aliphatic carbocycles. The van der Waals surface area contributed by atoms with Crippen LogP contribution in [0.25, 0.3) is 0 Å². The number of urea groups is 1. The van der Waals surface area contributed by atoms with E-state index in [1.807, 2.05) is 0 Å². The summed E-state index contributed by atoms with van der Waals surface area (Å²) in [5, 5.41) is 13.0. The summed E-state index contributed by atoms with van der Waals surface area (Å²) in [5.41, 5.74) is 5.80. The Kier molecular flexibility index (Phi) is 3.99. The van der Waals surface area contributed by atoms with Crippen LogP contribution in [0.1, 0.15) is 47.9 Å². The number of carbonyl (C=O) groups excluding carboxylic acids is 1. The van der Waals surface area contributed by atoms with Gasteiger partial charge in [-0.2, -0.15) is 5.10 Å². The van der Waals surface area contributed by atoms with Gasteiger partial charge in [-0.15, -0.1) is 4.36 Å². The van der Waals surface area contributed by atoms with E-state index in [0.717, 1.165) is 37.8 Å². The number of hydrogen-bond acceptors (Lipinski definition) is 4. The quantitative estimate of drug-likeness (QED) is 0.806. The highest BCUT2D eigenvalue weighted by molar-refractivity contribution is 7.91. The zero-order chi connectivity index (χ0) is 19.5. The van der Waals surface area contributed by atoms with Crippen molar-refractivity contribution in [3.63, 3.8) is 0 Å². The lowest BCUT2D eigenvalue weighted by molar-refractivity contribution is 0.224. The molecule has 0 saturated carbocycles. The molecule has 0 fully saturated rings. The maximum absolute atomic E-state index is 13.0. The molecule has 5 rings (SSSR count). The number of benzene rings is 1. The second-order valence-corrected chi connectivity index (χ2v) is 9.49. The zero-order valence-electron chi connectivity index (χ0n) is 15.7. The van der Waals surface area contributed by atoms with Gasteiger partial charge < -0.3 is 10.1 Å². The minimum Gasteiger partial charge on any atom is -0.477 e. The molecule has 1 aliphatic heterocycles. The molecule has 2 heterocycles. The summed E-state index contributed by atoms with van der Waals surface area (Å²) in [5.74, 6) is 0.725. The molecule has 2 unspecified atom stereocenters. The molecule has 28 heavy (non-hydrogen) atoms. The Hall–Kier alpha value is -2.39. The van der Waals surface area contributed by atoms with Crippen LogP contribution in [0.5, 0.6) is 5.88 Å². The minimum atomic E-state index is -3.46. The second-order valence-electron chi connectivity index (χ2n) is 7.73. The highest BCUT2D eigenvalue weighted by Crippen LogP contribution is 2.44. The van der Waals surface area contributed by atoms with E-state index in [2.05, 4.69) is 27.8 Å². The molecule has 2 amide bonds. The third kappa shape index (κ3) is 2.72. The number of nitrogens with zero attached hydrogens (tertiary/aromatic N) is 3. The van der Waals surface area contributed by atoms with E-state index in [9.17, 15) is 9.00 Å². The van der Waals surface area contributed by atoms with Gasteiger partial charge >= 0.3 is 6.03 Å². The average Bonchev–Trinajstić information content (AvgIpc) is 3.21. The summed E-state index contributed by atoms with van der Waals surface area (Å²) >= 11 is 0. The van der Waals surface area contributed by atoms with Crippen molar-refractivity contribution >= 4 is 21.6 Å². The van der Waals surface area contributed by atoms with E-state index in [4.69, 9.17) is 9.88 Å². The standard InChI is InChI=1S/C19H23N5O3S/c1-11-3-4-13-9-12-5-6-14(12)17(16(11)13)22-19(25)23-28(20,26)15-10-21-24-7-2-8-27-18(15)24/h9-11H,2-8H2,1H3,(H3,20,22,23,25,26). The summed E-state index contributed by atoms with van der Waals surface area (Å²) in [6, 6.07) is 1.58. The number of aromatic nitrogens is 2. The Labute approximate surface area is 163 Å². The first-order valence-corrected chi connectivity index (χ1v) is 11.2. The van der Waals surface area contributed by atoms with Gasteiger partial charge in [0.25, 0.3) is 0 Å². The molecule has 0 bridgehead atoms. The maximum atomic E-state index is 13.0. The van der Waals surface area contributed by atoms with E-state index in [0.29, 0.717) is 24.9 Å². The van der Waals surface area contributed by atoms with Crippen molar-refractivity contribution in [2.24, 2.45) is 9.50 Å². The van der Waals surface area contributed by atoms with Gasteiger partial charge in [0.15, 0.2) is 9.92 Å². The molecular formula is C19H23N5O3S. The summed E-state index contributed by atoms with van der Waals surface area (Å²) in [6.07, 6.45) is 6.27. The molecule has 0 saturated heterocycles. The Morgan fingerprint density at radius 3 is 3.04 bits per heavy atom. The number of aryl methyl sites for hydroxylation is 3. The number of rotatable bonds is 2. The minimum absolute atomic E-state index is 0.169. The molecule has 2 aromatic rings. The molecule has 0 spiro atoms. The zero-order valence-corrected chi connectivity index (χ0v) is 16.6. The molecule has 8 nitrogen and oxygen atoms in total. The molecule has 1 aromatic heterocycles. The number of nitrogens with two attached hydrogens (primary N) is 1. The molecule has 2 atom stereocenters. The lowest BCUT2D eigenvalue weighted by Gasteiger charge is -2.26. The van der Waals surface area contributed by atoms with Crippen LogP contribution in [0.2, 0.25) is 0 Å². The largest absolute Gasteiger partial charge is 0.477 e. The number of fused-ring (bicyclic) bond motifs is 3. The van der Waals surface area contributed by atoms with Crippen LogP contribution >= 0.6 is 0 Å². The number of nitrogens with one attached hydrogen (secondary N) is 1. The van der Waals surface area contributed by atoms with Crippen molar-refractivity contribution in [2.75, 3.05) is 11.9 Å². The van der Waals surface area contributed by atoms with Crippen molar-refractivity contribution < 1.29 is 13.7 Å². The molecule has 9 heteroatoms. The summed E-state index contributed by atoms with van der Waals surface area (Å²) in [7, 11) is -3.46. The monoisotopic (exact) mass is 401 g/mol. The van der Waals surface area contributed by atoms with Crippen molar-refractivity contribution in [3.05, 3.63) is 34.5 Å². The summed E-state index contributed by atoms with van der Waals surface area (Å²) < 4.78 is 24.0. The number of carbonyl (C=O) groups is 1. The van der Waals surface area contributed by atoms with E-state index >= 15 is 0 Å². The van der Waals surface area contributed by atoms with Crippen molar-refractivity contribution in [1.29, 1.82) is 0 Å². The first-order valence-electron chi connectivity index (χ1n) is 9.66. The van der Waals surface area contributed by atoms with Gasteiger partial charge in [0.05, 0.1) is 12.8 Å². The normalized spacial score (nSPS) is 21.4. The van der Waals surface area contributed by atoms with Gasteiger partial charge in [-0.05, 0) is 53.9 Å². The van der Waals surface area contributed by atoms with Crippen molar-refractivity contribution in [2.45, 2.75) is 56.4 Å². The van der Waals surface area contributed by atoms with Gasteiger partial charge in [-0.1, -0.05) is 13.0 Å². The molecule has 0 radical (unpaired) electrons. The molecule has 1 aromatic carbocycles. The van der Waals surface area contributed by atoms with Crippen LogP contribution < -0.4 is 15.2 Å². The Morgan fingerprint density at radius 2 is 2.25 bits per heavy atom. The van der Waals surface area contributed by atoms with E-state index in [-0.39, 0.29) is 4.90 Å². The third-order valence-corrected chi connectivity index (χ3v) is 7.26. The number of hydrogen-bond donors (Lipinski definition) is 2. The molecule has 148 valence electrons. The van der Waals surface area contributed by atoms with E-state index < -0.39 is 15.9 Å². The van der Waals surface area contributed by atoms with Crippen molar-refractivity contribution in [1.82, 2.24) is 9.78 Å². The van der Waals surface area contributed by atoms with E-state index in [1.165, 1.54) is 28.5 Å². The number of ether oxygens (including phenoxy) is 1. The predicted octanol–water partition coefficient (Wildman–Crippen LogP) is 2.75. The van der Waals surface area contributed by atoms with Gasteiger partial charge in [0.2, 0.25) is 5.88 Å². The lowest BCUT2D eigenvalue weighted by atomic mass is 9.82. The van der Waals surface area contributed by atoms with Gasteiger partial charge in [0.1, 0.15) is 4.90 Å². The van der Waals surface area contributed by atoms with Crippen molar-refractivity contribution in [3.8, 4) is 5.88 Å². The van der Waals surface area contributed by atoms with Crippen LogP contribution in [-0.2, 0) is 35.7 Å². The average molecular weight is 401 g/mol. The second kappa shape index (κ2) is 6.31. The topological polar surface area (TPSA) is 112 Å². The Morgan fingerprint density at radius 1 is 1.39 bits per heavy atom. The molecule has 3 N–H and O–H groups in total. The van der Waals surface area contributed by atoms with Gasteiger partial charge in [-0.25, -0.2) is 18.8 Å². The fourth-order valence-corrected chi connectivity index (χ4v) is 5.43. The maximum Gasteiger partial charge on any atom is 0.354 e. The van der Waals surface area contributed by atoms with Crippen LogP contribution in [0.3, 0.4) is 0 Å². The van der Waals surface area contributed by atoms with Crippen LogP contribution in [0.4, 0.5) is 10.5 Å². The smallest absolute Gasteiger partial charge is 0.354 e. The summed E-state index contributed by atoms with van der Waals surface area (Å²) in [4.78, 5) is 12.8. The Bertz CT molecular complexity index is 1110. The fourth-order valence-electron chi connectivity index (χ4n) is 4.43. The molecule has 3 aliphatic rings. The Balaban J connectivity index is 1.49. The lowest BCUT2D eigenvalue weighted by Crippen LogP contribution is -2.22. The number of anilines is 1. The summed E-state index contributed by atoms with van der Waals surface area (Å²) in [6.45, 7) is 3.34. The fraction of sp³-hybridized carbons (Fsp3) is 0.474. The van der Waals surface area contributed by atoms with Crippen LogP contribution in [0, 0.1) is 0 Å².